The Morgan fingerprint density at radius 2 is 1.41 bits per heavy atom. The molecule has 8 heteroatoms. The van der Waals surface area contributed by atoms with Crippen LogP contribution in [0.2, 0.25) is 15.1 Å². The van der Waals surface area contributed by atoms with Crippen LogP contribution in [0.4, 0.5) is 22.0 Å². The Labute approximate surface area is 137 Å². The van der Waals surface area contributed by atoms with E-state index in [0.717, 1.165) is 24.3 Å². The Hall–Kier alpha value is -1.04. The van der Waals surface area contributed by atoms with E-state index in [0.29, 0.717) is 6.07 Å². The van der Waals surface area contributed by atoms with Crippen LogP contribution in [-0.4, -0.2) is 0 Å². The maximum Gasteiger partial charge on any atom is 0.417 e. The van der Waals surface area contributed by atoms with Gasteiger partial charge in [0.1, 0.15) is 0 Å². The number of halogens is 8. The Bertz CT molecular complexity index is 687. The van der Waals surface area contributed by atoms with Gasteiger partial charge < -0.3 is 0 Å². The number of benzene rings is 2. The van der Waals surface area contributed by atoms with Crippen molar-refractivity contribution in [2.75, 3.05) is 0 Å². The molecule has 118 valence electrons. The third kappa shape index (κ3) is 3.47. The molecule has 2 rings (SSSR count). The van der Waals surface area contributed by atoms with E-state index in [1.54, 1.807) is 0 Å². The van der Waals surface area contributed by atoms with Crippen molar-refractivity contribution in [3.8, 4) is 11.1 Å². The molecular weight excluding hydrogens is 370 g/mol. The van der Waals surface area contributed by atoms with Gasteiger partial charge in [-0.2, -0.15) is 13.2 Å². The average Bonchev–Trinajstić information content (AvgIpc) is 2.42. The summed E-state index contributed by atoms with van der Waals surface area (Å²) in [6.45, 7) is 0. The SMILES string of the molecule is FC(F)c1ccc(C(F)(F)F)c(-c2cc(Cl)c(Cl)c(Cl)c2)c1. The first-order valence-electron chi connectivity index (χ1n) is 5.75. The van der Waals surface area contributed by atoms with Gasteiger partial charge in [0, 0.05) is 5.56 Å². The van der Waals surface area contributed by atoms with E-state index < -0.39 is 29.3 Å². The molecule has 0 saturated heterocycles. The first-order chi connectivity index (χ1) is 10.1. The van der Waals surface area contributed by atoms with Crippen molar-refractivity contribution in [2.45, 2.75) is 12.6 Å². The molecule has 0 radical (unpaired) electrons. The van der Waals surface area contributed by atoms with E-state index in [1.165, 1.54) is 0 Å². The normalized spacial score (nSPS) is 12.0. The molecule has 0 saturated carbocycles. The monoisotopic (exact) mass is 374 g/mol. The van der Waals surface area contributed by atoms with E-state index in [1.807, 2.05) is 0 Å². The predicted molar refractivity (Wildman–Crippen MR) is 76.9 cm³/mol. The number of hydrogen-bond acceptors (Lipinski definition) is 0. The van der Waals surface area contributed by atoms with Crippen molar-refractivity contribution < 1.29 is 22.0 Å². The highest BCUT2D eigenvalue weighted by Gasteiger charge is 2.34. The van der Waals surface area contributed by atoms with Crippen molar-refractivity contribution in [2.24, 2.45) is 0 Å². The van der Waals surface area contributed by atoms with E-state index in [9.17, 15) is 22.0 Å². The summed E-state index contributed by atoms with van der Waals surface area (Å²) in [5.41, 5.74) is -2.09. The number of alkyl halides is 5. The minimum atomic E-state index is -4.71. The van der Waals surface area contributed by atoms with Crippen molar-refractivity contribution in [3.63, 3.8) is 0 Å². The predicted octanol–water partition coefficient (Wildman–Crippen LogP) is 7.27. The van der Waals surface area contributed by atoms with Crippen LogP contribution in [0.5, 0.6) is 0 Å². The van der Waals surface area contributed by atoms with E-state index >= 15 is 0 Å². The van der Waals surface area contributed by atoms with Gasteiger partial charge in [-0.25, -0.2) is 8.78 Å². The van der Waals surface area contributed by atoms with Crippen molar-refractivity contribution in [1.29, 1.82) is 0 Å². The highest BCUT2D eigenvalue weighted by atomic mass is 35.5. The lowest BCUT2D eigenvalue weighted by atomic mass is 9.97. The zero-order valence-electron chi connectivity index (χ0n) is 10.5. The average molecular weight is 376 g/mol. The summed E-state index contributed by atoms with van der Waals surface area (Å²) in [7, 11) is 0. The topological polar surface area (TPSA) is 0 Å². The smallest absolute Gasteiger partial charge is 0.205 e. The van der Waals surface area contributed by atoms with Crippen LogP contribution in [0.3, 0.4) is 0 Å². The first kappa shape index (κ1) is 17.3. The Balaban J connectivity index is 2.74. The second-order valence-corrected chi connectivity index (χ2v) is 5.55. The van der Waals surface area contributed by atoms with Crippen molar-refractivity contribution in [3.05, 3.63) is 56.5 Å². The summed E-state index contributed by atoms with van der Waals surface area (Å²) < 4.78 is 64.7. The summed E-state index contributed by atoms with van der Waals surface area (Å²) in [5, 5.41) is -0.162. The van der Waals surface area contributed by atoms with Crippen LogP contribution in [0.15, 0.2) is 30.3 Å². The molecule has 0 unspecified atom stereocenters. The molecule has 0 aromatic heterocycles. The van der Waals surface area contributed by atoms with Gasteiger partial charge >= 0.3 is 6.18 Å². The largest absolute Gasteiger partial charge is 0.417 e. The molecule has 0 bridgehead atoms. The second-order valence-electron chi connectivity index (χ2n) is 4.36. The van der Waals surface area contributed by atoms with Gasteiger partial charge in [-0.15, -0.1) is 0 Å². The second kappa shape index (κ2) is 6.22. The van der Waals surface area contributed by atoms with Gasteiger partial charge in [-0.3, -0.25) is 0 Å². The molecule has 0 aliphatic rings. The molecule has 2 aromatic rings. The third-order valence-corrected chi connectivity index (χ3v) is 4.09. The van der Waals surface area contributed by atoms with Crippen LogP contribution in [0.1, 0.15) is 17.6 Å². The highest BCUT2D eigenvalue weighted by molar-refractivity contribution is 6.48. The van der Waals surface area contributed by atoms with Crippen molar-refractivity contribution >= 4 is 34.8 Å². The molecule has 2 aromatic carbocycles. The molecule has 0 spiro atoms. The molecule has 0 fully saturated rings. The Morgan fingerprint density at radius 1 is 0.864 bits per heavy atom. The molecule has 0 aliphatic carbocycles. The van der Waals surface area contributed by atoms with Gasteiger partial charge in [0.25, 0.3) is 6.43 Å². The molecule has 0 nitrogen and oxygen atoms in total. The lowest BCUT2D eigenvalue weighted by Gasteiger charge is -2.15. The highest BCUT2D eigenvalue weighted by Crippen LogP contribution is 2.42. The lowest BCUT2D eigenvalue weighted by molar-refractivity contribution is -0.137. The summed E-state index contributed by atoms with van der Waals surface area (Å²) in [4.78, 5) is 0. The zero-order valence-corrected chi connectivity index (χ0v) is 12.8. The maximum absolute atomic E-state index is 13.1. The van der Waals surface area contributed by atoms with E-state index in [-0.39, 0.29) is 20.6 Å². The van der Waals surface area contributed by atoms with Crippen LogP contribution < -0.4 is 0 Å². The molecule has 22 heavy (non-hydrogen) atoms. The van der Waals surface area contributed by atoms with Crippen LogP contribution in [0.25, 0.3) is 11.1 Å². The van der Waals surface area contributed by atoms with Gasteiger partial charge in [0.2, 0.25) is 0 Å². The van der Waals surface area contributed by atoms with Gasteiger partial charge in [-0.1, -0.05) is 40.9 Å². The van der Waals surface area contributed by atoms with E-state index in [2.05, 4.69) is 0 Å². The van der Waals surface area contributed by atoms with E-state index in [4.69, 9.17) is 34.8 Å². The minimum Gasteiger partial charge on any atom is -0.205 e. The molecule has 0 atom stereocenters. The van der Waals surface area contributed by atoms with Crippen LogP contribution >= 0.6 is 34.8 Å². The number of hydrogen-bond donors (Lipinski definition) is 0. The number of rotatable bonds is 2. The van der Waals surface area contributed by atoms with Gasteiger partial charge in [-0.05, 0) is 35.4 Å². The standard InChI is InChI=1S/C14H6Cl3F5/c15-10-4-7(5-11(16)12(10)17)8-3-6(13(18)19)1-2-9(8)14(20,21)22/h1-5,13H. The lowest BCUT2D eigenvalue weighted by Crippen LogP contribution is -2.08. The maximum atomic E-state index is 13.1. The minimum absolute atomic E-state index is 0.0225. The summed E-state index contributed by atoms with van der Waals surface area (Å²) in [5.74, 6) is 0. The molecule has 0 heterocycles. The molecular formula is C14H6Cl3F5. The summed E-state index contributed by atoms with van der Waals surface area (Å²) in [6.07, 6.45) is -7.62. The molecule has 0 amide bonds. The van der Waals surface area contributed by atoms with Crippen LogP contribution in [-0.2, 0) is 6.18 Å². The molecule has 0 N–H and O–H groups in total. The summed E-state index contributed by atoms with van der Waals surface area (Å²) in [6, 6.07) is 4.40. The summed E-state index contributed by atoms with van der Waals surface area (Å²) >= 11 is 17.3. The van der Waals surface area contributed by atoms with Gasteiger partial charge in [0.15, 0.2) is 0 Å². The fourth-order valence-corrected chi connectivity index (χ4v) is 2.49. The zero-order chi connectivity index (χ0) is 16.7. The van der Waals surface area contributed by atoms with Crippen LogP contribution in [0, 0.1) is 0 Å². The van der Waals surface area contributed by atoms with Gasteiger partial charge in [0.05, 0.1) is 20.6 Å². The first-order valence-corrected chi connectivity index (χ1v) is 6.89. The van der Waals surface area contributed by atoms with Crippen molar-refractivity contribution in [1.82, 2.24) is 0 Å². The fraction of sp³-hybridized carbons (Fsp3) is 0.143. The molecule has 0 aliphatic heterocycles. The quantitative estimate of drug-likeness (QED) is 0.382. The fourth-order valence-electron chi connectivity index (χ4n) is 1.89. The Morgan fingerprint density at radius 3 is 1.86 bits per heavy atom. The Kier molecular flexibility index (Phi) is 4.90. The third-order valence-electron chi connectivity index (χ3n) is 2.90.